The number of aromatic nitrogens is 1. The smallest absolute Gasteiger partial charge is 0.0491 e. The van der Waals surface area contributed by atoms with Gasteiger partial charge in [-0.15, -0.1) is 0 Å². The molecular formula is C13H16BrN. The van der Waals surface area contributed by atoms with Crippen LogP contribution in [0, 0.1) is 5.92 Å². The van der Waals surface area contributed by atoms with Gasteiger partial charge in [-0.1, -0.05) is 35.8 Å². The Morgan fingerprint density at radius 2 is 2.07 bits per heavy atom. The first kappa shape index (κ1) is 10.7. The fraction of sp³-hybridized carbons (Fsp3) is 0.385. The molecule has 1 aromatic carbocycles. The van der Waals surface area contributed by atoms with Crippen LogP contribution in [0.3, 0.4) is 0 Å². The van der Waals surface area contributed by atoms with E-state index in [1.165, 1.54) is 21.8 Å². The van der Waals surface area contributed by atoms with Gasteiger partial charge in [0.1, 0.15) is 0 Å². The molecule has 1 aromatic heterocycles. The van der Waals surface area contributed by atoms with Crippen LogP contribution in [0.25, 0.3) is 10.9 Å². The Morgan fingerprint density at radius 3 is 2.80 bits per heavy atom. The van der Waals surface area contributed by atoms with Crippen LogP contribution in [-0.2, 0) is 6.54 Å². The van der Waals surface area contributed by atoms with E-state index in [9.17, 15) is 0 Å². The highest BCUT2D eigenvalue weighted by Crippen LogP contribution is 2.25. The Labute approximate surface area is 99.2 Å². The summed E-state index contributed by atoms with van der Waals surface area (Å²) < 4.78 is 3.52. The summed E-state index contributed by atoms with van der Waals surface area (Å²) in [4.78, 5) is 0. The van der Waals surface area contributed by atoms with Crippen molar-refractivity contribution < 1.29 is 0 Å². The number of hydrogen-bond donors (Lipinski definition) is 0. The minimum Gasteiger partial charge on any atom is -0.347 e. The Balaban J connectivity index is 2.33. The normalized spacial score (nSPS) is 11.5. The van der Waals surface area contributed by atoms with Crippen molar-refractivity contribution in [3.8, 4) is 0 Å². The van der Waals surface area contributed by atoms with E-state index in [-0.39, 0.29) is 0 Å². The summed E-state index contributed by atoms with van der Waals surface area (Å²) in [7, 11) is 0. The van der Waals surface area contributed by atoms with Crippen molar-refractivity contribution in [3.63, 3.8) is 0 Å². The van der Waals surface area contributed by atoms with Crippen molar-refractivity contribution in [1.29, 1.82) is 0 Å². The molecule has 0 saturated carbocycles. The van der Waals surface area contributed by atoms with Gasteiger partial charge >= 0.3 is 0 Å². The molecule has 0 radical (unpaired) electrons. The van der Waals surface area contributed by atoms with Crippen molar-refractivity contribution in [3.05, 3.63) is 34.9 Å². The van der Waals surface area contributed by atoms with Gasteiger partial charge in [0.25, 0.3) is 0 Å². The molecule has 0 amide bonds. The lowest BCUT2D eigenvalue weighted by molar-refractivity contribution is 0.524. The van der Waals surface area contributed by atoms with Gasteiger partial charge in [-0.3, -0.25) is 0 Å². The van der Waals surface area contributed by atoms with E-state index in [2.05, 4.69) is 64.8 Å². The van der Waals surface area contributed by atoms with Crippen molar-refractivity contribution >= 4 is 26.8 Å². The molecule has 0 aliphatic rings. The molecule has 1 nitrogen and oxygen atoms in total. The number of aryl methyl sites for hydroxylation is 1. The number of halogens is 1. The van der Waals surface area contributed by atoms with Crippen molar-refractivity contribution in [2.24, 2.45) is 5.92 Å². The van der Waals surface area contributed by atoms with E-state index in [4.69, 9.17) is 0 Å². The van der Waals surface area contributed by atoms with E-state index in [1.54, 1.807) is 0 Å². The van der Waals surface area contributed by atoms with Gasteiger partial charge in [0.15, 0.2) is 0 Å². The van der Waals surface area contributed by atoms with Crippen LogP contribution in [0.15, 0.2) is 34.9 Å². The van der Waals surface area contributed by atoms with Crippen LogP contribution in [-0.4, -0.2) is 4.57 Å². The largest absolute Gasteiger partial charge is 0.347 e. The highest BCUT2D eigenvalue weighted by Gasteiger charge is 2.03. The summed E-state index contributed by atoms with van der Waals surface area (Å²) in [6.45, 7) is 5.64. The molecule has 0 fully saturated rings. The molecule has 0 aliphatic carbocycles. The Bertz CT molecular complexity index is 457. The van der Waals surface area contributed by atoms with E-state index < -0.39 is 0 Å². The van der Waals surface area contributed by atoms with Gasteiger partial charge in [-0.2, -0.15) is 0 Å². The second-order valence-corrected chi connectivity index (χ2v) is 5.22. The van der Waals surface area contributed by atoms with Crippen molar-refractivity contribution in [2.45, 2.75) is 26.8 Å². The quantitative estimate of drug-likeness (QED) is 0.773. The first-order valence-electron chi connectivity index (χ1n) is 5.42. The maximum Gasteiger partial charge on any atom is 0.0491 e. The van der Waals surface area contributed by atoms with E-state index in [1.807, 2.05) is 0 Å². The Morgan fingerprint density at radius 1 is 1.27 bits per heavy atom. The predicted molar refractivity (Wildman–Crippen MR) is 69.1 cm³/mol. The molecule has 80 valence electrons. The molecule has 1 heterocycles. The summed E-state index contributed by atoms with van der Waals surface area (Å²) in [6, 6.07) is 8.55. The monoisotopic (exact) mass is 265 g/mol. The third-order valence-electron chi connectivity index (χ3n) is 2.71. The molecule has 0 unspecified atom stereocenters. The summed E-state index contributed by atoms with van der Waals surface area (Å²) >= 11 is 3.58. The first-order chi connectivity index (χ1) is 7.18. The fourth-order valence-corrected chi connectivity index (χ4v) is 2.27. The second-order valence-electron chi connectivity index (χ2n) is 4.36. The van der Waals surface area contributed by atoms with E-state index in [0.717, 1.165) is 12.5 Å². The lowest BCUT2D eigenvalue weighted by Gasteiger charge is -2.07. The molecule has 2 aromatic rings. The zero-order valence-corrected chi connectivity index (χ0v) is 10.8. The van der Waals surface area contributed by atoms with Crippen LogP contribution in [0.1, 0.15) is 20.3 Å². The number of hydrogen-bond acceptors (Lipinski definition) is 0. The average Bonchev–Trinajstić information content (AvgIpc) is 2.59. The predicted octanol–water partition coefficient (Wildman–Crippen LogP) is 4.45. The summed E-state index contributed by atoms with van der Waals surface area (Å²) in [5, 5.41) is 1.31. The van der Waals surface area contributed by atoms with Gasteiger partial charge < -0.3 is 4.57 Å². The van der Waals surface area contributed by atoms with Gasteiger partial charge in [0.05, 0.1) is 0 Å². The van der Waals surface area contributed by atoms with Crippen LogP contribution >= 0.6 is 15.9 Å². The number of fused-ring (bicyclic) bond motifs is 1. The van der Waals surface area contributed by atoms with Crippen molar-refractivity contribution in [2.75, 3.05) is 0 Å². The second kappa shape index (κ2) is 4.40. The molecule has 2 heteroatoms. The molecule has 0 bridgehead atoms. The van der Waals surface area contributed by atoms with E-state index in [0.29, 0.717) is 0 Å². The molecule has 0 aliphatic heterocycles. The highest BCUT2D eigenvalue weighted by molar-refractivity contribution is 9.10. The van der Waals surface area contributed by atoms with E-state index >= 15 is 0 Å². The zero-order chi connectivity index (χ0) is 10.8. The molecule has 0 spiro atoms. The van der Waals surface area contributed by atoms with Gasteiger partial charge in [-0.05, 0) is 30.5 Å². The maximum absolute atomic E-state index is 3.58. The number of nitrogens with zero attached hydrogens (tertiary/aromatic N) is 1. The third kappa shape index (κ3) is 2.25. The highest BCUT2D eigenvalue weighted by atomic mass is 79.9. The first-order valence-corrected chi connectivity index (χ1v) is 6.21. The Kier molecular flexibility index (Phi) is 3.15. The number of benzene rings is 1. The van der Waals surface area contributed by atoms with Gasteiger partial charge in [-0.25, -0.2) is 0 Å². The summed E-state index contributed by atoms with van der Waals surface area (Å²) in [6.07, 6.45) is 3.41. The van der Waals surface area contributed by atoms with Crippen LogP contribution in [0.2, 0.25) is 0 Å². The Hall–Kier alpha value is -0.760. The van der Waals surface area contributed by atoms with Gasteiger partial charge in [0, 0.05) is 28.1 Å². The molecule has 0 N–H and O–H groups in total. The van der Waals surface area contributed by atoms with Crippen LogP contribution in [0.4, 0.5) is 0 Å². The molecule has 0 saturated heterocycles. The van der Waals surface area contributed by atoms with Crippen LogP contribution < -0.4 is 0 Å². The average molecular weight is 266 g/mol. The minimum atomic E-state index is 0.759. The molecular weight excluding hydrogens is 250 g/mol. The summed E-state index contributed by atoms with van der Waals surface area (Å²) in [5.74, 6) is 0.759. The zero-order valence-electron chi connectivity index (χ0n) is 9.20. The SMILES string of the molecule is CC(C)CCn1ccc2c(Br)cccc21. The molecule has 2 rings (SSSR count). The van der Waals surface area contributed by atoms with Crippen LogP contribution in [0.5, 0.6) is 0 Å². The molecule has 0 atom stereocenters. The lowest BCUT2D eigenvalue weighted by atomic mass is 10.1. The standard InChI is InChI=1S/C13H16BrN/c1-10(2)6-8-15-9-7-11-12(14)4-3-5-13(11)15/h3-5,7,9-10H,6,8H2,1-2H3. The summed E-state index contributed by atoms with van der Waals surface area (Å²) in [5.41, 5.74) is 1.32. The maximum atomic E-state index is 3.58. The minimum absolute atomic E-state index is 0.759. The van der Waals surface area contributed by atoms with Crippen molar-refractivity contribution in [1.82, 2.24) is 4.57 Å². The molecule has 15 heavy (non-hydrogen) atoms. The lowest BCUT2D eigenvalue weighted by Crippen LogP contribution is -1.99. The third-order valence-corrected chi connectivity index (χ3v) is 3.40. The van der Waals surface area contributed by atoms with Gasteiger partial charge in [0.2, 0.25) is 0 Å². The topological polar surface area (TPSA) is 4.93 Å². The fourth-order valence-electron chi connectivity index (χ4n) is 1.78. The number of rotatable bonds is 3.